The van der Waals surface area contributed by atoms with Crippen LogP contribution in [0.1, 0.15) is 11.1 Å². The van der Waals surface area contributed by atoms with Crippen molar-refractivity contribution in [1.29, 1.82) is 0 Å². The highest BCUT2D eigenvalue weighted by Gasteiger charge is 2.10. The number of aromatic nitrogens is 4. The van der Waals surface area contributed by atoms with E-state index in [1.54, 1.807) is 43.0 Å². The Morgan fingerprint density at radius 3 is 2.48 bits per heavy atom. The molecule has 0 saturated carbocycles. The van der Waals surface area contributed by atoms with Gasteiger partial charge >= 0.3 is 0 Å². The van der Waals surface area contributed by atoms with E-state index < -0.39 is 0 Å². The van der Waals surface area contributed by atoms with Gasteiger partial charge in [-0.15, -0.1) is 0 Å². The quantitative estimate of drug-likeness (QED) is 0.512. The number of amides is 1. The van der Waals surface area contributed by atoms with E-state index in [4.69, 9.17) is 5.10 Å². The minimum absolute atomic E-state index is 0.231. The number of nitrogens with one attached hydrogen (secondary N) is 1. The average Bonchev–Trinajstić information content (AvgIpc) is 3.17. The summed E-state index contributed by atoms with van der Waals surface area (Å²) < 4.78 is 1.87. The van der Waals surface area contributed by atoms with Crippen LogP contribution in [0.4, 0.5) is 5.69 Å². The van der Waals surface area contributed by atoms with Crippen LogP contribution >= 0.6 is 0 Å². The highest BCUT2D eigenvalue weighted by molar-refractivity contribution is 6.02. The van der Waals surface area contributed by atoms with Crippen LogP contribution < -0.4 is 5.32 Å². The molecule has 29 heavy (non-hydrogen) atoms. The van der Waals surface area contributed by atoms with Gasteiger partial charge in [0.25, 0.3) is 0 Å². The normalized spacial score (nSPS) is 10.9. The van der Waals surface area contributed by atoms with Gasteiger partial charge < -0.3 is 5.32 Å². The van der Waals surface area contributed by atoms with Crippen LogP contribution in [-0.4, -0.2) is 25.7 Å². The second-order valence-electron chi connectivity index (χ2n) is 6.42. The van der Waals surface area contributed by atoms with E-state index >= 15 is 0 Å². The van der Waals surface area contributed by atoms with E-state index in [-0.39, 0.29) is 5.91 Å². The predicted molar refractivity (Wildman–Crippen MR) is 113 cm³/mol. The zero-order chi connectivity index (χ0) is 19.9. The number of carbonyl (C=O) groups is 1. The number of hydrogen-bond donors (Lipinski definition) is 1. The van der Waals surface area contributed by atoms with Gasteiger partial charge in [-0.05, 0) is 35.9 Å². The van der Waals surface area contributed by atoms with E-state index in [9.17, 15) is 4.79 Å². The van der Waals surface area contributed by atoms with Gasteiger partial charge in [-0.3, -0.25) is 19.4 Å². The summed E-state index contributed by atoms with van der Waals surface area (Å²) in [6, 6.07) is 17.5. The van der Waals surface area contributed by atoms with Crippen molar-refractivity contribution in [2.45, 2.75) is 6.54 Å². The average molecular weight is 381 g/mol. The fourth-order valence-corrected chi connectivity index (χ4v) is 2.92. The minimum atomic E-state index is -0.231. The summed E-state index contributed by atoms with van der Waals surface area (Å²) in [7, 11) is 0. The van der Waals surface area contributed by atoms with Gasteiger partial charge in [0.05, 0.1) is 18.4 Å². The van der Waals surface area contributed by atoms with Crippen molar-refractivity contribution < 1.29 is 4.79 Å². The van der Waals surface area contributed by atoms with Gasteiger partial charge in [-0.1, -0.05) is 30.3 Å². The fourth-order valence-electron chi connectivity index (χ4n) is 2.92. The maximum absolute atomic E-state index is 12.3. The zero-order valence-electron chi connectivity index (χ0n) is 15.6. The summed E-state index contributed by atoms with van der Waals surface area (Å²) >= 11 is 0. The molecule has 3 aromatic heterocycles. The molecular weight excluding hydrogens is 362 g/mol. The van der Waals surface area contributed by atoms with Crippen molar-refractivity contribution in [2.24, 2.45) is 0 Å². The third-order valence-corrected chi connectivity index (χ3v) is 4.26. The SMILES string of the molecule is O=C(/C=C/c1cn(Cc2ccccc2)nc1-c1cccnc1)Nc1cccnc1. The molecule has 0 bridgehead atoms. The van der Waals surface area contributed by atoms with Crippen LogP contribution in [-0.2, 0) is 11.3 Å². The molecule has 0 saturated heterocycles. The molecule has 4 rings (SSSR count). The van der Waals surface area contributed by atoms with Gasteiger partial charge in [0.2, 0.25) is 5.91 Å². The number of rotatable bonds is 6. The Kier molecular flexibility index (Phi) is 5.53. The number of nitrogens with zero attached hydrogens (tertiary/aromatic N) is 4. The predicted octanol–water partition coefficient (Wildman–Crippen LogP) is 4.04. The molecule has 0 fully saturated rings. The summed E-state index contributed by atoms with van der Waals surface area (Å²) in [5.74, 6) is -0.231. The fraction of sp³-hybridized carbons (Fsp3) is 0.0435. The van der Waals surface area contributed by atoms with Crippen molar-refractivity contribution in [3.05, 3.63) is 103 Å². The molecular formula is C23H19N5O. The van der Waals surface area contributed by atoms with Crippen LogP contribution in [0.15, 0.2) is 91.7 Å². The number of hydrogen-bond acceptors (Lipinski definition) is 4. The van der Waals surface area contributed by atoms with Crippen LogP contribution in [0.25, 0.3) is 17.3 Å². The van der Waals surface area contributed by atoms with Gasteiger partial charge in [0.15, 0.2) is 0 Å². The summed E-state index contributed by atoms with van der Waals surface area (Å²) in [4.78, 5) is 20.4. The van der Waals surface area contributed by atoms with Crippen LogP contribution in [0, 0.1) is 0 Å². The molecule has 0 aliphatic carbocycles. The molecule has 3 heterocycles. The summed E-state index contributed by atoms with van der Waals surface area (Å²) in [5, 5.41) is 7.51. The van der Waals surface area contributed by atoms with Gasteiger partial charge in [-0.25, -0.2) is 0 Å². The Morgan fingerprint density at radius 2 is 1.76 bits per heavy atom. The van der Waals surface area contributed by atoms with E-state index in [0.29, 0.717) is 12.2 Å². The first-order valence-electron chi connectivity index (χ1n) is 9.19. The highest BCUT2D eigenvalue weighted by Crippen LogP contribution is 2.23. The third-order valence-electron chi connectivity index (χ3n) is 4.26. The lowest BCUT2D eigenvalue weighted by Crippen LogP contribution is -2.07. The highest BCUT2D eigenvalue weighted by atomic mass is 16.1. The van der Waals surface area contributed by atoms with Crippen LogP contribution in [0.5, 0.6) is 0 Å². The molecule has 0 spiro atoms. The molecule has 6 nitrogen and oxygen atoms in total. The minimum Gasteiger partial charge on any atom is -0.321 e. The lowest BCUT2D eigenvalue weighted by atomic mass is 10.1. The molecule has 0 aliphatic rings. The second-order valence-corrected chi connectivity index (χ2v) is 6.42. The first-order chi connectivity index (χ1) is 14.3. The lowest BCUT2D eigenvalue weighted by Gasteiger charge is -2.01. The summed E-state index contributed by atoms with van der Waals surface area (Å²) in [6.07, 6.45) is 11.9. The van der Waals surface area contributed by atoms with Crippen LogP contribution in [0.2, 0.25) is 0 Å². The molecule has 0 radical (unpaired) electrons. The first-order valence-corrected chi connectivity index (χ1v) is 9.19. The molecule has 1 aromatic carbocycles. The molecule has 0 aliphatic heterocycles. The second kappa shape index (κ2) is 8.75. The smallest absolute Gasteiger partial charge is 0.248 e. The van der Waals surface area contributed by atoms with Gasteiger partial charge in [0, 0.05) is 42.0 Å². The Bertz CT molecular complexity index is 1110. The van der Waals surface area contributed by atoms with Gasteiger partial charge in [-0.2, -0.15) is 5.10 Å². The van der Waals surface area contributed by atoms with Crippen molar-refractivity contribution in [2.75, 3.05) is 5.32 Å². The molecule has 1 amide bonds. The summed E-state index contributed by atoms with van der Waals surface area (Å²) in [6.45, 7) is 0.643. The Morgan fingerprint density at radius 1 is 0.966 bits per heavy atom. The van der Waals surface area contributed by atoms with E-state index in [2.05, 4.69) is 27.4 Å². The third kappa shape index (κ3) is 4.81. The van der Waals surface area contributed by atoms with Crippen molar-refractivity contribution in [3.8, 4) is 11.3 Å². The van der Waals surface area contributed by atoms with Crippen molar-refractivity contribution in [3.63, 3.8) is 0 Å². The monoisotopic (exact) mass is 381 g/mol. The summed E-state index contributed by atoms with van der Waals surface area (Å²) in [5.41, 5.74) is 4.31. The van der Waals surface area contributed by atoms with Crippen molar-refractivity contribution >= 4 is 17.7 Å². The first kappa shape index (κ1) is 18.3. The molecule has 0 unspecified atom stereocenters. The topological polar surface area (TPSA) is 72.7 Å². The molecule has 1 N–H and O–H groups in total. The van der Waals surface area contributed by atoms with Gasteiger partial charge in [0.1, 0.15) is 5.69 Å². The Hall–Kier alpha value is -4.06. The lowest BCUT2D eigenvalue weighted by molar-refractivity contribution is -0.111. The number of pyridine rings is 2. The number of anilines is 1. The maximum atomic E-state index is 12.3. The van der Waals surface area contributed by atoms with E-state index in [1.807, 2.05) is 41.2 Å². The van der Waals surface area contributed by atoms with Crippen LogP contribution in [0.3, 0.4) is 0 Å². The Labute approximate surface area is 168 Å². The molecule has 0 atom stereocenters. The number of carbonyl (C=O) groups excluding carboxylic acids is 1. The standard InChI is InChI=1S/C23H19N5O/c29-22(26-21-9-5-13-25-15-21)11-10-20-17-28(16-18-6-2-1-3-7-18)27-23(20)19-8-4-12-24-14-19/h1-15,17H,16H2,(H,26,29)/b11-10+. The zero-order valence-corrected chi connectivity index (χ0v) is 15.6. The molecule has 142 valence electrons. The maximum Gasteiger partial charge on any atom is 0.248 e. The largest absolute Gasteiger partial charge is 0.321 e. The number of benzene rings is 1. The van der Waals surface area contributed by atoms with Crippen molar-refractivity contribution in [1.82, 2.24) is 19.7 Å². The molecule has 6 heteroatoms. The molecule has 4 aromatic rings. The van der Waals surface area contributed by atoms with E-state index in [0.717, 1.165) is 22.4 Å². The van der Waals surface area contributed by atoms with E-state index in [1.165, 1.54) is 6.08 Å². The Balaban J connectivity index is 1.59.